The molecule has 0 aromatic rings. The molecule has 0 bridgehead atoms. The molecular formula is C13H27N3O3. The van der Waals surface area contributed by atoms with Crippen LogP contribution in [-0.4, -0.2) is 66.2 Å². The summed E-state index contributed by atoms with van der Waals surface area (Å²) in [6.45, 7) is 7.46. The molecule has 0 rings (SSSR count). The van der Waals surface area contributed by atoms with E-state index in [2.05, 4.69) is 5.32 Å². The summed E-state index contributed by atoms with van der Waals surface area (Å²) >= 11 is 0. The Labute approximate surface area is 115 Å². The predicted molar refractivity (Wildman–Crippen MR) is 75.3 cm³/mol. The lowest BCUT2D eigenvalue weighted by atomic mass is 10.1. The highest BCUT2D eigenvalue weighted by molar-refractivity contribution is 5.76. The minimum atomic E-state index is -0.889. The van der Waals surface area contributed by atoms with Crippen LogP contribution in [0.1, 0.15) is 33.6 Å². The van der Waals surface area contributed by atoms with Gasteiger partial charge in [0.25, 0.3) is 0 Å². The maximum absolute atomic E-state index is 12.3. The monoisotopic (exact) mass is 273 g/mol. The summed E-state index contributed by atoms with van der Waals surface area (Å²) in [6.07, 6.45) is 0.836. The number of carbonyl (C=O) groups excluding carboxylic acids is 1. The molecule has 0 aromatic heterocycles. The zero-order chi connectivity index (χ0) is 15.1. The van der Waals surface area contributed by atoms with E-state index in [1.165, 1.54) is 0 Å². The topological polar surface area (TPSA) is 72.9 Å². The Hall–Kier alpha value is -1.30. The van der Waals surface area contributed by atoms with Crippen molar-refractivity contribution in [3.05, 3.63) is 0 Å². The van der Waals surface area contributed by atoms with E-state index in [-0.39, 0.29) is 24.5 Å². The summed E-state index contributed by atoms with van der Waals surface area (Å²) in [6, 6.07) is -0.121. The Morgan fingerprint density at radius 1 is 1.21 bits per heavy atom. The Balaban J connectivity index is 4.57. The van der Waals surface area contributed by atoms with Crippen molar-refractivity contribution < 1.29 is 14.7 Å². The second kappa shape index (κ2) is 7.99. The van der Waals surface area contributed by atoms with Gasteiger partial charge in [0.05, 0.1) is 6.42 Å². The number of carboxylic acids is 1. The van der Waals surface area contributed by atoms with Crippen molar-refractivity contribution in [2.24, 2.45) is 0 Å². The van der Waals surface area contributed by atoms with Gasteiger partial charge in [0.2, 0.25) is 0 Å². The summed E-state index contributed by atoms with van der Waals surface area (Å²) in [5, 5.41) is 11.8. The van der Waals surface area contributed by atoms with E-state index in [9.17, 15) is 9.59 Å². The Kier molecular flexibility index (Phi) is 7.44. The molecule has 0 aliphatic carbocycles. The van der Waals surface area contributed by atoms with Gasteiger partial charge in [-0.1, -0.05) is 0 Å². The first kappa shape index (κ1) is 17.7. The van der Waals surface area contributed by atoms with Gasteiger partial charge in [-0.15, -0.1) is 0 Å². The maximum Gasteiger partial charge on any atom is 0.320 e. The molecule has 0 aliphatic rings. The molecule has 0 spiro atoms. The highest BCUT2D eigenvalue weighted by atomic mass is 16.4. The van der Waals surface area contributed by atoms with Gasteiger partial charge in [-0.2, -0.15) is 0 Å². The van der Waals surface area contributed by atoms with E-state index < -0.39 is 5.97 Å². The Bertz CT molecular complexity index is 300. The van der Waals surface area contributed by atoms with Gasteiger partial charge in [-0.05, 0) is 40.8 Å². The lowest BCUT2D eigenvalue weighted by Crippen LogP contribution is -2.51. The SMILES string of the molecule is CNCCCN(C)C(=O)N(CCC(=O)O)C(C)(C)C. The molecule has 6 nitrogen and oxygen atoms in total. The van der Waals surface area contributed by atoms with E-state index >= 15 is 0 Å². The molecule has 2 N–H and O–H groups in total. The summed E-state index contributed by atoms with van der Waals surface area (Å²) in [4.78, 5) is 26.3. The van der Waals surface area contributed by atoms with Crippen LogP contribution in [0, 0.1) is 0 Å². The molecular weight excluding hydrogens is 246 g/mol. The van der Waals surface area contributed by atoms with Gasteiger partial charge in [-0.3, -0.25) is 4.79 Å². The van der Waals surface area contributed by atoms with Crippen molar-refractivity contribution in [3.63, 3.8) is 0 Å². The number of nitrogens with one attached hydrogen (secondary N) is 1. The molecule has 0 saturated heterocycles. The minimum Gasteiger partial charge on any atom is -0.481 e. The van der Waals surface area contributed by atoms with Gasteiger partial charge in [-0.25, -0.2) is 4.79 Å². The lowest BCUT2D eigenvalue weighted by Gasteiger charge is -2.38. The number of urea groups is 1. The fourth-order valence-electron chi connectivity index (χ4n) is 1.72. The fourth-order valence-corrected chi connectivity index (χ4v) is 1.72. The van der Waals surface area contributed by atoms with E-state index in [0.717, 1.165) is 13.0 Å². The average Bonchev–Trinajstić information content (AvgIpc) is 2.26. The van der Waals surface area contributed by atoms with Crippen LogP contribution >= 0.6 is 0 Å². The number of carboxylic acid groups (broad SMARTS) is 1. The van der Waals surface area contributed by atoms with Gasteiger partial charge in [0, 0.05) is 25.7 Å². The third kappa shape index (κ3) is 7.00. The second-order valence-corrected chi connectivity index (χ2v) is 5.63. The van der Waals surface area contributed by atoms with Crippen LogP contribution in [0.25, 0.3) is 0 Å². The molecule has 0 fully saturated rings. The highest BCUT2D eigenvalue weighted by Crippen LogP contribution is 2.16. The molecule has 0 radical (unpaired) electrons. The summed E-state index contributed by atoms with van der Waals surface area (Å²) < 4.78 is 0. The minimum absolute atomic E-state index is 0.0344. The number of hydrogen-bond donors (Lipinski definition) is 2. The first-order chi connectivity index (χ1) is 8.70. The smallest absolute Gasteiger partial charge is 0.320 e. The first-order valence-electron chi connectivity index (χ1n) is 6.59. The van der Waals surface area contributed by atoms with Gasteiger partial charge >= 0.3 is 12.0 Å². The number of rotatable bonds is 7. The van der Waals surface area contributed by atoms with E-state index in [1.54, 1.807) is 16.8 Å². The molecule has 0 saturated carbocycles. The lowest BCUT2D eigenvalue weighted by molar-refractivity contribution is -0.137. The van der Waals surface area contributed by atoms with Crippen LogP contribution < -0.4 is 5.32 Å². The number of nitrogens with zero attached hydrogens (tertiary/aromatic N) is 2. The number of aliphatic carboxylic acids is 1. The quantitative estimate of drug-likeness (QED) is 0.684. The van der Waals surface area contributed by atoms with E-state index in [1.807, 2.05) is 27.8 Å². The zero-order valence-corrected chi connectivity index (χ0v) is 12.7. The third-order valence-electron chi connectivity index (χ3n) is 2.84. The van der Waals surface area contributed by atoms with Crippen molar-refractivity contribution in [2.45, 2.75) is 39.2 Å². The van der Waals surface area contributed by atoms with Crippen molar-refractivity contribution in [3.8, 4) is 0 Å². The zero-order valence-electron chi connectivity index (χ0n) is 12.7. The molecule has 6 heteroatoms. The van der Waals surface area contributed by atoms with Crippen molar-refractivity contribution in [2.75, 3.05) is 33.7 Å². The van der Waals surface area contributed by atoms with Crippen LogP contribution in [0.15, 0.2) is 0 Å². The number of carbonyl (C=O) groups is 2. The predicted octanol–water partition coefficient (Wildman–Crippen LogP) is 1.22. The normalized spacial score (nSPS) is 11.2. The Morgan fingerprint density at radius 2 is 1.79 bits per heavy atom. The largest absolute Gasteiger partial charge is 0.481 e. The van der Waals surface area contributed by atoms with Crippen LogP contribution in [0.5, 0.6) is 0 Å². The summed E-state index contributed by atoms with van der Waals surface area (Å²) in [5.41, 5.74) is -0.385. The first-order valence-corrected chi connectivity index (χ1v) is 6.59. The standard InChI is InChI=1S/C13H27N3O3/c1-13(2,3)16(10-7-11(17)18)12(19)15(5)9-6-8-14-4/h14H,6-10H2,1-5H3,(H,17,18). The van der Waals surface area contributed by atoms with Crippen molar-refractivity contribution in [1.82, 2.24) is 15.1 Å². The molecule has 2 amide bonds. The average molecular weight is 273 g/mol. The molecule has 0 aliphatic heterocycles. The van der Waals surface area contributed by atoms with Crippen molar-refractivity contribution in [1.29, 1.82) is 0 Å². The van der Waals surface area contributed by atoms with Gasteiger partial charge in [0.15, 0.2) is 0 Å². The second-order valence-electron chi connectivity index (χ2n) is 5.63. The number of hydrogen-bond acceptors (Lipinski definition) is 3. The molecule has 19 heavy (non-hydrogen) atoms. The summed E-state index contributed by atoms with van der Waals surface area (Å²) in [7, 11) is 3.62. The van der Waals surface area contributed by atoms with Crippen molar-refractivity contribution >= 4 is 12.0 Å². The summed E-state index contributed by atoms with van der Waals surface area (Å²) in [5.74, 6) is -0.889. The molecule has 0 aromatic carbocycles. The fraction of sp³-hybridized carbons (Fsp3) is 0.846. The van der Waals surface area contributed by atoms with Crippen LogP contribution in [-0.2, 0) is 4.79 Å². The number of amides is 2. The van der Waals surface area contributed by atoms with Crippen LogP contribution in [0.4, 0.5) is 4.79 Å². The van der Waals surface area contributed by atoms with Gasteiger partial charge < -0.3 is 20.2 Å². The molecule has 0 heterocycles. The van der Waals surface area contributed by atoms with E-state index in [0.29, 0.717) is 6.54 Å². The molecule has 0 atom stereocenters. The van der Waals surface area contributed by atoms with Gasteiger partial charge in [0.1, 0.15) is 0 Å². The molecule has 0 unspecified atom stereocenters. The van der Waals surface area contributed by atoms with Crippen LogP contribution in [0.2, 0.25) is 0 Å². The molecule has 112 valence electrons. The highest BCUT2D eigenvalue weighted by Gasteiger charge is 2.28. The van der Waals surface area contributed by atoms with Crippen LogP contribution in [0.3, 0.4) is 0 Å². The Morgan fingerprint density at radius 3 is 2.21 bits per heavy atom. The third-order valence-corrected chi connectivity index (χ3v) is 2.84. The van der Waals surface area contributed by atoms with E-state index in [4.69, 9.17) is 5.11 Å². The maximum atomic E-state index is 12.3.